The first-order valence-corrected chi connectivity index (χ1v) is 6.27. The number of hydrogen-bond acceptors (Lipinski definition) is 5. The van der Waals surface area contributed by atoms with E-state index in [1.807, 2.05) is 0 Å². The van der Waals surface area contributed by atoms with Gasteiger partial charge in [-0.15, -0.1) is 0 Å². The van der Waals surface area contributed by atoms with E-state index in [9.17, 15) is 4.79 Å². The van der Waals surface area contributed by atoms with E-state index < -0.39 is 0 Å². The Labute approximate surface area is 112 Å². The third-order valence-electron chi connectivity index (χ3n) is 3.23. The summed E-state index contributed by atoms with van der Waals surface area (Å²) in [4.78, 5) is 19.8. The van der Waals surface area contributed by atoms with Crippen molar-refractivity contribution in [3.63, 3.8) is 0 Å². The summed E-state index contributed by atoms with van der Waals surface area (Å²) in [6.45, 7) is 3.59. The third kappa shape index (κ3) is 3.20. The van der Waals surface area contributed by atoms with Gasteiger partial charge in [0.15, 0.2) is 0 Å². The monoisotopic (exact) mass is 259 g/mol. The number of rotatable bonds is 3. The molecule has 0 aliphatic carbocycles. The van der Waals surface area contributed by atoms with Crippen molar-refractivity contribution >= 4 is 11.7 Å². The van der Waals surface area contributed by atoms with Crippen LogP contribution in [0.3, 0.4) is 0 Å². The van der Waals surface area contributed by atoms with E-state index in [0.717, 1.165) is 32.0 Å². The van der Waals surface area contributed by atoms with E-state index in [2.05, 4.69) is 26.2 Å². The van der Waals surface area contributed by atoms with Crippen LogP contribution in [0.1, 0.15) is 5.56 Å². The zero-order valence-electron chi connectivity index (χ0n) is 11.0. The van der Waals surface area contributed by atoms with Crippen molar-refractivity contribution in [2.75, 3.05) is 44.7 Å². The minimum atomic E-state index is 0.0315. The molecule has 2 heterocycles. The van der Waals surface area contributed by atoms with Crippen LogP contribution < -0.4 is 10.2 Å². The summed E-state index contributed by atoms with van der Waals surface area (Å²) in [5.74, 6) is 0.772. The second-order valence-corrected chi connectivity index (χ2v) is 4.42. The van der Waals surface area contributed by atoms with Crippen LogP contribution in [0.2, 0.25) is 0 Å². The summed E-state index contributed by atoms with van der Waals surface area (Å²) in [5, 5.41) is 11.7. The molecule has 0 atom stereocenters. The van der Waals surface area contributed by atoms with Crippen LogP contribution >= 0.6 is 0 Å². The van der Waals surface area contributed by atoms with Gasteiger partial charge in [0, 0.05) is 39.4 Å². The summed E-state index contributed by atoms with van der Waals surface area (Å²) in [7, 11) is 1.64. The van der Waals surface area contributed by atoms with E-state index in [-0.39, 0.29) is 5.91 Å². The smallest absolute Gasteiger partial charge is 0.233 e. The quantitative estimate of drug-likeness (QED) is 0.815. The van der Waals surface area contributed by atoms with Crippen molar-refractivity contribution in [3.05, 3.63) is 23.9 Å². The molecule has 100 valence electrons. The molecule has 1 fully saturated rings. The molecule has 1 aromatic heterocycles. The Morgan fingerprint density at radius 3 is 2.84 bits per heavy atom. The topological polar surface area (TPSA) is 72.3 Å². The number of carbonyl (C=O) groups is 1. The Morgan fingerprint density at radius 2 is 2.21 bits per heavy atom. The van der Waals surface area contributed by atoms with Crippen LogP contribution in [0.5, 0.6) is 0 Å². The first kappa shape index (κ1) is 13.3. The zero-order valence-corrected chi connectivity index (χ0v) is 11.0. The number of hydrogen-bond donors (Lipinski definition) is 1. The van der Waals surface area contributed by atoms with Gasteiger partial charge in [0.1, 0.15) is 11.9 Å². The average molecular weight is 259 g/mol. The molecule has 0 spiro atoms. The van der Waals surface area contributed by atoms with E-state index in [1.54, 1.807) is 25.4 Å². The number of pyridine rings is 1. The summed E-state index contributed by atoms with van der Waals surface area (Å²) in [6.07, 6.45) is 1.70. The van der Waals surface area contributed by atoms with Crippen LogP contribution in [0.15, 0.2) is 18.3 Å². The van der Waals surface area contributed by atoms with E-state index in [1.165, 1.54) is 0 Å². The van der Waals surface area contributed by atoms with E-state index in [0.29, 0.717) is 12.1 Å². The van der Waals surface area contributed by atoms with Crippen LogP contribution in [-0.2, 0) is 4.79 Å². The fourth-order valence-corrected chi connectivity index (χ4v) is 2.14. The number of piperazine rings is 1. The van der Waals surface area contributed by atoms with Crippen molar-refractivity contribution in [2.45, 2.75) is 0 Å². The van der Waals surface area contributed by atoms with Crippen LogP contribution in [0.25, 0.3) is 0 Å². The molecule has 1 N–H and O–H groups in total. The molecule has 1 aliphatic rings. The minimum Gasteiger partial charge on any atom is -0.358 e. The Bertz CT molecular complexity index is 488. The van der Waals surface area contributed by atoms with Crippen molar-refractivity contribution in [3.8, 4) is 6.07 Å². The van der Waals surface area contributed by atoms with Crippen molar-refractivity contribution in [2.24, 2.45) is 0 Å². The van der Waals surface area contributed by atoms with Gasteiger partial charge in [-0.25, -0.2) is 4.98 Å². The summed E-state index contributed by atoms with van der Waals surface area (Å²) >= 11 is 0. The lowest BCUT2D eigenvalue weighted by Crippen LogP contribution is -2.49. The molecule has 1 saturated heterocycles. The fraction of sp³-hybridized carbons (Fsp3) is 0.462. The molecule has 0 bridgehead atoms. The maximum atomic E-state index is 11.3. The molecule has 1 aromatic rings. The lowest BCUT2D eigenvalue weighted by molar-refractivity contribution is -0.121. The molecule has 0 saturated carbocycles. The summed E-state index contributed by atoms with van der Waals surface area (Å²) in [6, 6.07) is 5.71. The molecule has 6 heteroatoms. The second-order valence-electron chi connectivity index (χ2n) is 4.42. The standard InChI is InChI=1S/C13H17N5O/c1-15-12(19)10-17-5-7-18(8-6-17)13-11(9-14)3-2-4-16-13/h2-4H,5-8,10H2,1H3,(H,15,19). The molecule has 19 heavy (non-hydrogen) atoms. The molecular formula is C13H17N5O. The van der Waals surface area contributed by atoms with E-state index in [4.69, 9.17) is 5.26 Å². The van der Waals surface area contributed by atoms with Gasteiger partial charge in [0.25, 0.3) is 0 Å². The predicted octanol–water partition coefficient (Wildman–Crippen LogP) is -0.179. The largest absolute Gasteiger partial charge is 0.358 e. The Kier molecular flexibility index (Phi) is 4.31. The van der Waals surface area contributed by atoms with Gasteiger partial charge in [0.2, 0.25) is 5.91 Å². The first-order chi connectivity index (χ1) is 9.24. The number of nitrogens with zero attached hydrogens (tertiary/aromatic N) is 4. The Balaban J connectivity index is 1.97. The third-order valence-corrected chi connectivity index (χ3v) is 3.23. The number of aromatic nitrogens is 1. The Morgan fingerprint density at radius 1 is 1.47 bits per heavy atom. The molecule has 1 amide bonds. The minimum absolute atomic E-state index is 0.0315. The van der Waals surface area contributed by atoms with Gasteiger partial charge >= 0.3 is 0 Å². The Hall–Kier alpha value is -2.13. The number of nitrogens with one attached hydrogen (secondary N) is 1. The molecule has 0 radical (unpaired) electrons. The highest BCUT2D eigenvalue weighted by molar-refractivity contribution is 5.77. The molecule has 0 aromatic carbocycles. The summed E-state index contributed by atoms with van der Waals surface area (Å²) in [5.41, 5.74) is 0.599. The lowest BCUT2D eigenvalue weighted by Gasteiger charge is -2.35. The van der Waals surface area contributed by atoms with Gasteiger partial charge in [-0.3, -0.25) is 9.69 Å². The molecule has 1 aliphatic heterocycles. The predicted molar refractivity (Wildman–Crippen MR) is 71.7 cm³/mol. The van der Waals surface area contributed by atoms with Gasteiger partial charge in [-0.1, -0.05) is 0 Å². The summed E-state index contributed by atoms with van der Waals surface area (Å²) < 4.78 is 0. The number of nitriles is 1. The molecular weight excluding hydrogens is 242 g/mol. The fourth-order valence-electron chi connectivity index (χ4n) is 2.14. The van der Waals surface area contributed by atoms with Gasteiger partial charge in [-0.2, -0.15) is 5.26 Å². The lowest BCUT2D eigenvalue weighted by atomic mass is 10.2. The number of amides is 1. The van der Waals surface area contributed by atoms with Crippen molar-refractivity contribution < 1.29 is 4.79 Å². The molecule has 2 rings (SSSR count). The average Bonchev–Trinajstić information content (AvgIpc) is 2.48. The highest BCUT2D eigenvalue weighted by Crippen LogP contribution is 2.17. The molecule has 6 nitrogen and oxygen atoms in total. The molecule has 0 unspecified atom stereocenters. The zero-order chi connectivity index (χ0) is 13.7. The van der Waals surface area contributed by atoms with Crippen LogP contribution in [-0.4, -0.2) is 55.6 Å². The SMILES string of the molecule is CNC(=O)CN1CCN(c2ncccc2C#N)CC1. The van der Waals surface area contributed by atoms with Crippen LogP contribution in [0.4, 0.5) is 5.82 Å². The number of anilines is 1. The highest BCUT2D eigenvalue weighted by atomic mass is 16.1. The number of carbonyl (C=O) groups excluding carboxylic acids is 1. The van der Waals surface area contributed by atoms with Gasteiger partial charge in [-0.05, 0) is 12.1 Å². The van der Waals surface area contributed by atoms with Crippen molar-refractivity contribution in [1.29, 1.82) is 5.26 Å². The number of likely N-dealkylation sites (N-methyl/N-ethyl adjacent to an activating group) is 1. The van der Waals surface area contributed by atoms with Crippen LogP contribution in [0, 0.1) is 11.3 Å². The second kappa shape index (κ2) is 6.16. The van der Waals surface area contributed by atoms with E-state index >= 15 is 0 Å². The van der Waals surface area contributed by atoms with Crippen molar-refractivity contribution in [1.82, 2.24) is 15.2 Å². The van der Waals surface area contributed by atoms with Gasteiger partial charge in [0.05, 0.1) is 12.1 Å². The highest BCUT2D eigenvalue weighted by Gasteiger charge is 2.21. The maximum Gasteiger partial charge on any atom is 0.233 e. The first-order valence-electron chi connectivity index (χ1n) is 6.27. The normalized spacial score (nSPS) is 15.9. The van der Waals surface area contributed by atoms with Gasteiger partial charge < -0.3 is 10.2 Å². The maximum absolute atomic E-state index is 11.3.